The lowest BCUT2D eigenvalue weighted by Gasteiger charge is -2.29. The van der Waals surface area contributed by atoms with E-state index >= 15 is 0 Å². The van der Waals surface area contributed by atoms with E-state index in [0.717, 1.165) is 62.9 Å². The molecule has 0 radical (unpaired) electrons. The molecule has 4 heterocycles. The zero-order valence-corrected chi connectivity index (χ0v) is 33.2. The zero-order chi connectivity index (χ0) is 39.5. The van der Waals surface area contributed by atoms with Crippen molar-refractivity contribution in [1.82, 2.24) is 25.5 Å². The van der Waals surface area contributed by atoms with Gasteiger partial charge in [0.05, 0.1) is 24.9 Å². The molecule has 0 unspecified atom stereocenters. The Morgan fingerprint density at radius 3 is 2.54 bits per heavy atom. The number of carboxylic acid groups (broad SMARTS) is 1. The van der Waals surface area contributed by atoms with Crippen molar-refractivity contribution in [2.75, 3.05) is 19.0 Å². The molecule has 3 amide bonds. The molecule has 57 heavy (non-hydrogen) atoms. The van der Waals surface area contributed by atoms with Crippen LogP contribution >= 0.6 is 11.3 Å². The number of carbonyl (C=O) groups is 4. The fourth-order valence-corrected chi connectivity index (χ4v) is 9.68. The fourth-order valence-electron chi connectivity index (χ4n) is 8.89. The highest BCUT2D eigenvalue weighted by molar-refractivity contribution is 7.14. The second-order valence-corrected chi connectivity index (χ2v) is 17.0. The lowest BCUT2D eigenvalue weighted by atomic mass is 10.0. The molecule has 5 aliphatic rings. The fraction of sp³-hybridized carbons (Fsp3) is 0.571. The number of carboxylic acids is 1. The van der Waals surface area contributed by atoms with Crippen LogP contribution in [0.1, 0.15) is 96.3 Å². The molecule has 1 saturated heterocycles. The molecule has 1 aromatic carbocycles. The van der Waals surface area contributed by atoms with Crippen molar-refractivity contribution in [3.63, 3.8) is 0 Å². The highest BCUT2D eigenvalue weighted by atomic mass is 32.1. The molecule has 5 atom stereocenters. The molecule has 3 aromatic rings. The van der Waals surface area contributed by atoms with Crippen LogP contribution < -0.4 is 25.4 Å². The number of rotatable bonds is 9. The number of anilines is 1. The summed E-state index contributed by atoms with van der Waals surface area (Å²) < 4.78 is 18.0. The maximum absolute atomic E-state index is 14.6. The normalized spacial score (nSPS) is 27.8. The van der Waals surface area contributed by atoms with Gasteiger partial charge >= 0.3 is 12.1 Å². The van der Waals surface area contributed by atoms with Gasteiger partial charge in [-0.25, -0.2) is 19.6 Å². The number of hydrogen-bond acceptors (Lipinski definition) is 11. The number of amides is 3. The van der Waals surface area contributed by atoms with Gasteiger partial charge < -0.3 is 40.2 Å². The van der Waals surface area contributed by atoms with Crippen molar-refractivity contribution in [2.45, 2.75) is 132 Å². The van der Waals surface area contributed by atoms with E-state index in [1.807, 2.05) is 41.8 Å². The zero-order valence-electron chi connectivity index (χ0n) is 32.4. The van der Waals surface area contributed by atoms with Gasteiger partial charge in [-0.1, -0.05) is 37.8 Å². The highest BCUT2D eigenvalue weighted by Crippen LogP contribution is 2.45. The molecule has 0 spiro atoms. The highest BCUT2D eigenvalue weighted by Gasteiger charge is 2.61. The van der Waals surface area contributed by atoms with E-state index in [4.69, 9.17) is 24.2 Å². The number of benzene rings is 1. The lowest BCUT2D eigenvalue weighted by Crippen LogP contribution is -2.56. The Labute approximate surface area is 336 Å². The molecule has 15 heteroatoms. The Balaban J connectivity index is 1.09. The first kappa shape index (κ1) is 38.9. The van der Waals surface area contributed by atoms with E-state index in [9.17, 15) is 24.3 Å². The molecular weight excluding hydrogens is 749 g/mol. The van der Waals surface area contributed by atoms with Crippen molar-refractivity contribution < 1.29 is 38.5 Å². The molecule has 3 aliphatic carbocycles. The summed E-state index contributed by atoms with van der Waals surface area (Å²) in [6.45, 7) is 0.0393. The first-order valence-electron chi connectivity index (χ1n) is 20.6. The van der Waals surface area contributed by atoms with Gasteiger partial charge in [-0.15, -0.1) is 11.3 Å². The van der Waals surface area contributed by atoms with E-state index in [1.165, 1.54) is 29.1 Å². The van der Waals surface area contributed by atoms with Crippen molar-refractivity contribution in [3.05, 3.63) is 41.8 Å². The number of aliphatic carboxylic acids is 1. The smallest absolute Gasteiger partial charge is 0.408 e. The molecule has 4 N–H and O–H groups in total. The molecule has 2 aromatic heterocycles. The molecular formula is C42H52N6O8S. The van der Waals surface area contributed by atoms with Gasteiger partial charge in [0.25, 0.3) is 0 Å². The third-order valence-electron chi connectivity index (χ3n) is 12.2. The summed E-state index contributed by atoms with van der Waals surface area (Å²) in [6, 6.07) is 5.79. The van der Waals surface area contributed by atoms with Gasteiger partial charge in [0.2, 0.25) is 11.8 Å². The Bertz CT molecular complexity index is 2010. The van der Waals surface area contributed by atoms with E-state index in [2.05, 4.69) is 16.0 Å². The minimum absolute atomic E-state index is 0.0393. The summed E-state index contributed by atoms with van der Waals surface area (Å²) in [5, 5.41) is 23.0. The van der Waals surface area contributed by atoms with Crippen LogP contribution in [0.2, 0.25) is 0 Å². The number of carbonyl (C=O) groups excluding carboxylic acids is 3. The van der Waals surface area contributed by atoms with Gasteiger partial charge in [0.1, 0.15) is 47.0 Å². The van der Waals surface area contributed by atoms with Gasteiger partial charge in [-0.05, 0) is 76.3 Å². The number of allylic oxidation sites excluding steroid dienone is 1. The summed E-state index contributed by atoms with van der Waals surface area (Å²) in [6.07, 6.45) is 14.4. The largest absolute Gasteiger partial charge is 0.497 e. The SMILES string of the molecule is COc1ccc2c(O[C@@H]3C[C@H]4C(=O)N[C@@]5(C(=O)O)C[C@@H]5/C=C\CCCCC[C@H](NC(=O)OC5CCCC5)C(=O)N4C3)cc(-c3csc(NC4CCCC4)n3)nc2c1. The predicted octanol–water partition coefficient (Wildman–Crippen LogP) is 6.59. The Morgan fingerprint density at radius 1 is 0.965 bits per heavy atom. The average Bonchev–Trinajstić information content (AvgIpc) is 3.85. The van der Waals surface area contributed by atoms with E-state index in [-0.39, 0.29) is 31.4 Å². The summed E-state index contributed by atoms with van der Waals surface area (Å²) in [5.74, 6) is -1.32. The first-order valence-corrected chi connectivity index (χ1v) is 21.4. The quantitative estimate of drug-likeness (QED) is 0.172. The second-order valence-electron chi connectivity index (χ2n) is 16.2. The third-order valence-corrected chi connectivity index (χ3v) is 13.0. The number of hydrogen-bond donors (Lipinski definition) is 4. The first-order chi connectivity index (χ1) is 27.7. The van der Waals surface area contributed by atoms with Crippen molar-refractivity contribution >= 4 is 51.2 Å². The second kappa shape index (κ2) is 16.9. The lowest BCUT2D eigenvalue weighted by molar-refractivity contribution is -0.145. The number of alkyl carbamates (subject to hydrolysis) is 1. The Hall–Kier alpha value is -4.92. The van der Waals surface area contributed by atoms with Crippen LogP contribution in [0, 0.1) is 5.92 Å². The number of nitrogens with one attached hydrogen (secondary N) is 3. The monoisotopic (exact) mass is 800 g/mol. The van der Waals surface area contributed by atoms with Crippen LogP contribution in [-0.4, -0.2) is 93.4 Å². The van der Waals surface area contributed by atoms with Gasteiger partial charge in [0.15, 0.2) is 5.13 Å². The van der Waals surface area contributed by atoms with Crippen LogP contribution in [0.5, 0.6) is 11.5 Å². The number of pyridine rings is 1. The molecule has 3 saturated carbocycles. The number of methoxy groups -OCH3 is 1. The maximum Gasteiger partial charge on any atom is 0.408 e. The summed E-state index contributed by atoms with van der Waals surface area (Å²) in [4.78, 5) is 65.9. The van der Waals surface area contributed by atoms with Crippen LogP contribution in [0.4, 0.5) is 9.93 Å². The predicted molar refractivity (Wildman–Crippen MR) is 214 cm³/mol. The van der Waals surface area contributed by atoms with Gasteiger partial charge in [0, 0.05) is 41.3 Å². The van der Waals surface area contributed by atoms with Crippen LogP contribution in [0.3, 0.4) is 0 Å². The minimum Gasteiger partial charge on any atom is -0.497 e. The molecule has 304 valence electrons. The molecule has 0 bridgehead atoms. The number of thiazole rings is 1. The molecule has 4 fully saturated rings. The summed E-state index contributed by atoms with van der Waals surface area (Å²) >= 11 is 1.53. The van der Waals surface area contributed by atoms with Crippen LogP contribution in [-0.2, 0) is 19.1 Å². The van der Waals surface area contributed by atoms with E-state index < -0.39 is 47.6 Å². The average molecular weight is 801 g/mol. The van der Waals surface area contributed by atoms with E-state index in [0.29, 0.717) is 52.7 Å². The standard InChI is InChI=1S/C42H52N6O8S/c1-54-28-17-18-30-32(19-28)44-33(34-24-57-40(45-34)43-26-12-7-8-13-26)21-36(30)55-29-20-35-37(49)47-42(39(51)52)22-25(42)11-5-3-2-4-6-16-31(38(50)48(35)23-29)46-41(53)56-27-14-9-10-15-27/h5,11,17-19,21,24-27,29,31,35H,2-4,6-10,12-16,20,22-23H2,1H3,(H,43,45)(H,46,53)(H,47,49)(H,51,52)/b11-5-/t25-,29+,31-,35-,42-/m0/s1. The van der Waals surface area contributed by atoms with Gasteiger partial charge in [-0.2, -0.15) is 0 Å². The van der Waals surface area contributed by atoms with Crippen molar-refractivity contribution in [3.8, 4) is 22.9 Å². The molecule has 2 aliphatic heterocycles. The van der Waals surface area contributed by atoms with Crippen LogP contribution in [0.25, 0.3) is 22.3 Å². The number of ether oxygens (including phenoxy) is 3. The Kier molecular flexibility index (Phi) is 11.5. The van der Waals surface area contributed by atoms with Crippen molar-refractivity contribution in [1.29, 1.82) is 0 Å². The van der Waals surface area contributed by atoms with Crippen molar-refractivity contribution in [2.24, 2.45) is 5.92 Å². The van der Waals surface area contributed by atoms with Crippen LogP contribution in [0.15, 0.2) is 41.8 Å². The number of aromatic nitrogens is 2. The Morgan fingerprint density at radius 2 is 1.75 bits per heavy atom. The third kappa shape index (κ3) is 8.68. The van der Waals surface area contributed by atoms with E-state index in [1.54, 1.807) is 7.11 Å². The number of fused-ring (bicyclic) bond motifs is 3. The molecule has 14 nitrogen and oxygen atoms in total. The molecule has 8 rings (SSSR count). The topological polar surface area (TPSA) is 181 Å². The maximum atomic E-state index is 14.6. The minimum atomic E-state index is -1.45. The summed E-state index contributed by atoms with van der Waals surface area (Å²) in [5.41, 5.74) is 0.472. The number of nitrogens with zero attached hydrogens (tertiary/aromatic N) is 3. The van der Waals surface area contributed by atoms with Gasteiger partial charge in [-0.3, -0.25) is 9.59 Å². The summed E-state index contributed by atoms with van der Waals surface area (Å²) in [7, 11) is 1.59.